The third-order valence-electron chi connectivity index (χ3n) is 2.91. The summed E-state index contributed by atoms with van der Waals surface area (Å²) in [4.78, 5) is 22.0. The Hall–Kier alpha value is -1.10. The quantitative estimate of drug-likeness (QED) is 0.606. The minimum Gasteiger partial charge on any atom is -0.481 e. The van der Waals surface area contributed by atoms with Crippen LogP contribution in [-0.4, -0.2) is 34.7 Å². The van der Waals surface area contributed by atoms with Crippen LogP contribution in [0.15, 0.2) is 0 Å². The summed E-state index contributed by atoms with van der Waals surface area (Å²) < 4.78 is 0. The first-order valence-corrected chi connectivity index (χ1v) is 5.78. The summed E-state index contributed by atoms with van der Waals surface area (Å²) in [6.07, 6.45) is -0.553. The zero-order chi connectivity index (χ0) is 13.8. The lowest BCUT2D eigenvalue weighted by molar-refractivity contribution is -0.146. The normalized spacial score (nSPS) is 15.5. The lowest BCUT2D eigenvalue weighted by atomic mass is 9.80. The third-order valence-corrected chi connectivity index (χ3v) is 2.91. The summed E-state index contributed by atoms with van der Waals surface area (Å²) in [5.74, 6) is -2.66. The Bertz CT molecular complexity index is 286. The number of hydrogen-bond donors (Lipinski definition) is 3. The molecule has 0 spiro atoms. The second-order valence-corrected chi connectivity index (χ2v) is 5.46. The van der Waals surface area contributed by atoms with Gasteiger partial charge in [-0.15, -0.1) is 0 Å². The topological polar surface area (TPSA) is 86.6 Å². The molecule has 2 unspecified atom stereocenters. The van der Waals surface area contributed by atoms with Gasteiger partial charge in [-0.05, 0) is 12.8 Å². The highest BCUT2D eigenvalue weighted by Gasteiger charge is 2.31. The molecule has 0 heterocycles. The van der Waals surface area contributed by atoms with Crippen molar-refractivity contribution < 1.29 is 19.8 Å². The highest BCUT2D eigenvalue weighted by Crippen LogP contribution is 2.25. The highest BCUT2D eigenvalue weighted by molar-refractivity contribution is 5.96. The van der Waals surface area contributed by atoms with E-state index in [2.05, 4.69) is 5.32 Å². The Morgan fingerprint density at radius 2 is 1.71 bits per heavy atom. The van der Waals surface area contributed by atoms with E-state index in [1.807, 2.05) is 27.7 Å². The molecule has 2 atom stereocenters. The molecule has 0 rings (SSSR count). The lowest BCUT2D eigenvalue weighted by Gasteiger charge is -2.33. The lowest BCUT2D eigenvalue weighted by Crippen LogP contribution is -2.45. The van der Waals surface area contributed by atoms with E-state index >= 15 is 0 Å². The van der Waals surface area contributed by atoms with E-state index in [0.717, 1.165) is 0 Å². The number of nitrogens with one attached hydrogen (secondary N) is 1. The average Bonchev–Trinajstić information content (AvgIpc) is 2.23. The second kappa shape index (κ2) is 6.00. The SMILES string of the molecule is CC(C(=O)O)C(=O)NCC(C)(C)C(O)C(C)C. The fraction of sp³-hybridized carbons (Fsp3) is 0.833. The van der Waals surface area contributed by atoms with Gasteiger partial charge in [-0.3, -0.25) is 9.59 Å². The molecule has 5 nitrogen and oxygen atoms in total. The van der Waals surface area contributed by atoms with Gasteiger partial charge < -0.3 is 15.5 Å². The molecule has 17 heavy (non-hydrogen) atoms. The van der Waals surface area contributed by atoms with E-state index in [4.69, 9.17) is 5.11 Å². The third kappa shape index (κ3) is 4.73. The highest BCUT2D eigenvalue weighted by atomic mass is 16.4. The van der Waals surface area contributed by atoms with Crippen molar-refractivity contribution in [3.05, 3.63) is 0 Å². The molecular weight excluding hydrogens is 222 g/mol. The summed E-state index contributed by atoms with van der Waals surface area (Å²) in [7, 11) is 0. The molecule has 0 aliphatic carbocycles. The molecule has 0 aromatic rings. The van der Waals surface area contributed by atoms with Crippen LogP contribution >= 0.6 is 0 Å². The van der Waals surface area contributed by atoms with Gasteiger partial charge in [0.2, 0.25) is 5.91 Å². The van der Waals surface area contributed by atoms with E-state index in [9.17, 15) is 14.7 Å². The Labute approximate surface area is 102 Å². The molecule has 0 aliphatic heterocycles. The molecular formula is C12H23NO4. The maximum Gasteiger partial charge on any atom is 0.315 e. The van der Waals surface area contributed by atoms with Crippen molar-refractivity contribution in [2.24, 2.45) is 17.3 Å². The predicted octanol–water partition coefficient (Wildman–Crippen LogP) is 0.866. The van der Waals surface area contributed by atoms with E-state index in [1.54, 1.807) is 0 Å². The van der Waals surface area contributed by atoms with Crippen molar-refractivity contribution in [3.8, 4) is 0 Å². The first-order chi connectivity index (χ1) is 7.59. The molecule has 0 aromatic heterocycles. The molecule has 0 fully saturated rings. The summed E-state index contributed by atoms with van der Waals surface area (Å²) in [6, 6.07) is 0. The number of aliphatic hydroxyl groups is 1. The van der Waals surface area contributed by atoms with Gasteiger partial charge in [-0.25, -0.2) is 0 Å². The molecule has 100 valence electrons. The number of carboxylic acids is 1. The summed E-state index contributed by atoms with van der Waals surface area (Å²) in [5.41, 5.74) is -0.484. The van der Waals surface area contributed by atoms with Gasteiger partial charge in [0, 0.05) is 12.0 Å². The monoisotopic (exact) mass is 245 g/mol. The van der Waals surface area contributed by atoms with Gasteiger partial charge in [0.1, 0.15) is 5.92 Å². The number of carbonyl (C=O) groups excluding carboxylic acids is 1. The zero-order valence-electron chi connectivity index (χ0n) is 11.2. The first-order valence-electron chi connectivity index (χ1n) is 5.78. The average molecular weight is 245 g/mol. The Kier molecular flexibility index (Phi) is 5.61. The van der Waals surface area contributed by atoms with E-state index in [0.29, 0.717) is 0 Å². The van der Waals surface area contributed by atoms with Crippen molar-refractivity contribution in [3.63, 3.8) is 0 Å². The second-order valence-electron chi connectivity index (χ2n) is 5.46. The van der Waals surface area contributed by atoms with E-state index < -0.39 is 29.3 Å². The number of aliphatic hydroxyl groups excluding tert-OH is 1. The van der Waals surface area contributed by atoms with Crippen LogP contribution in [0.1, 0.15) is 34.6 Å². The molecule has 3 N–H and O–H groups in total. The van der Waals surface area contributed by atoms with Crippen LogP contribution in [0.4, 0.5) is 0 Å². The molecule has 0 aromatic carbocycles. The number of amides is 1. The fourth-order valence-corrected chi connectivity index (χ4v) is 1.59. The van der Waals surface area contributed by atoms with Gasteiger partial charge in [-0.2, -0.15) is 0 Å². The van der Waals surface area contributed by atoms with Crippen molar-refractivity contribution in [2.75, 3.05) is 6.54 Å². The molecule has 5 heteroatoms. The number of carboxylic acid groups (broad SMARTS) is 1. The van der Waals surface area contributed by atoms with Gasteiger partial charge in [0.25, 0.3) is 0 Å². The van der Waals surface area contributed by atoms with Crippen molar-refractivity contribution >= 4 is 11.9 Å². The van der Waals surface area contributed by atoms with Gasteiger partial charge >= 0.3 is 5.97 Å². The van der Waals surface area contributed by atoms with Crippen LogP contribution in [0.5, 0.6) is 0 Å². The van der Waals surface area contributed by atoms with E-state index in [-0.39, 0.29) is 12.5 Å². The standard InChI is InChI=1S/C12H23NO4/c1-7(2)9(14)12(4,5)6-13-10(15)8(3)11(16)17/h7-9,14H,6H2,1-5H3,(H,13,15)(H,16,17). The van der Waals surface area contributed by atoms with Crippen LogP contribution in [0, 0.1) is 17.3 Å². The van der Waals surface area contributed by atoms with Crippen LogP contribution in [0.2, 0.25) is 0 Å². The Morgan fingerprint density at radius 3 is 2.06 bits per heavy atom. The minimum atomic E-state index is -1.15. The maximum absolute atomic E-state index is 11.5. The minimum absolute atomic E-state index is 0.0822. The largest absolute Gasteiger partial charge is 0.481 e. The van der Waals surface area contributed by atoms with Crippen LogP contribution in [0.25, 0.3) is 0 Å². The number of carbonyl (C=O) groups is 2. The zero-order valence-corrected chi connectivity index (χ0v) is 11.2. The molecule has 0 aliphatic rings. The molecule has 0 bridgehead atoms. The number of rotatable bonds is 6. The van der Waals surface area contributed by atoms with Crippen molar-refractivity contribution in [2.45, 2.75) is 40.7 Å². The summed E-state index contributed by atoms with van der Waals surface area (Å²) in [6.45, 7) is 9.06. The van der Waals surface area contributed by atoms with Gasteiger partial charge in [-0.1, -0.05) is 27.7 Å². The summed E-state index contributed by atoms with van der Waals surface area (Å²) in [5, 5.41) is 21.2. The van der Waals surface area contributed by atoms with Crippen LogP contribution in [-0.2, 0) is 9.59 Å². The smallest absolute Gasteiger partial charge is 0.315 e. The van der Waals surface area contributed by atoms with Gasteiger partial charge in [0.05, 0.1) is 6.10 Å². The van der Waals surface area contributed by atoms with Crippen LogP contribution in [0.3, 0.4) is 0 Å². The number of aliphatic carboxylic acids is 1. The van der Waals surface area contributed by atoms with Crippen molar-refractivity contribution in [1.29, 1.82) is 0 Å². The van der Waals surface area contributed by atoms with Crippen LogP contribution < -0.4 is 5.32 Å². The predicted molar refractivity (Wildman–Crippen MR) is 64.4 cm³/mol. The fourth-order valence-electron chi connectivity index (χ4n) is 1.59. The molecule has 0 saturated carbocycles. The summed E-state index contributed by atoms with van der Waals surface area (Å²) >= 11 is 0. The molecule has 0 saturated heterocycles. The Morgan fingerprint density at radius 1 is 1.24 bits per heavy atom. The first kappa shape index (κ1) is 15.9. The molecule has 1 amide bonds. The Balaban J connectivity index is 4.37. The van der Waals surface area contributed by atoms with Crippen molar-refractivity contribution in [1.82, 2.24) is 5.32 Å². The molecule has 0 radical (unpaired) electrons. The van der Waals surface area contributed by atoms with Gasteiger partial charge in [0.15, 0.2) is 0 Å². The maximum atomic E-state index is 11.5. The number of hydrogen-bond acceptors (Lipinski definition) is 3. The van der Waals surface area contributed by atoms with E-state index in [1.165, 1.54) is 6.92 Å².